The largest absolute Gasteiger partial charge is 0.372 e. The lowest BCUT2D eigenvalue weighted by molar-refractivity contribution is -0.120. The summed E-state index contributed by atoms with van der Waals surface area (Å²) in [4.78, 5) is 22.7. The first kappa shape index (κ1) is 12.9. The standard InChI is InChI=1S/C12H13ClN2O3/c1-2-18-6-12(17)15-10-3-7-4-11(16)14-9(7)5-8(10)13/h3,5H,2,4,6H2,1H3,(H,14,16)(H,15,17). The number of amides is 2. The van der Waals surface area contributed by atoms with Crippen LogP contribution in [0.4, 0.5) is 11.4 Å². The highest BCUT2D eigenvalue weighted by molar-refractivity contribution is 6.34. The van der Waals surface area contributed by atoms with Gasteiger partial charge in [0.1, 0.15) is 6.61 Å². The van der Waals surface area contributed by atoms with Crippen LogP contribution in [-0.2, 0) is 20.7 Å². The molecule has 18 heavy (non-hydrogen) atoms. The fourth-order valence-electron chi connectivity index (χ4n) is 1.72. The summed E-state index contributed by atoms with van der Waals surface area (Å²) in [6.07, 6.45) is 0.306. The van der Waals surface area contributed by atoms with Crippen LogP contribution < -0.4 is 10.6 Å². The van der Waals surface area contributed by atoms with E-state index in [0.717, 1.165) is 5.56 Å². The Bertz CT molecular complexity index is 502. The van der Waals surface area contributed by atoms with Crippen LogP contribution in [0.5, 0.6) is 0 Å². The average Bonchev–Trinajstić information content (AvgIpc) is 2.66. The van der Waals surface area contributed by atoms with Gasteiger partial charge < -0.3 is 15.4 Å². The molecule has 6 heteroatoms. The van der Waals surface area contributed by atoms with E-state index in [1.165, 1.54) is 0 Å². The summed E-state index contributed by atoms with van der Waals surface area (Å²) < 4.78 is 5.00. The van der Waals surface area contributed by atoms with Crippen LogP contribution in [0.25, 0.3) is 0 Å². The molecule has 0 aliphatic carbocycles. The Kier molecular flexibility index (Phi) is 3.84. The third kappa shape index (κ3) is 2.80. The van der Waals surface area contributed by atoms with Gasteiger partial charge in [-0.2, -0.15) is 0 Å². The molecule has 96 valence electrons. The van der Waals surface area contributed by atoms with Crippen molar-refractivity contribution in [1.82, 2.24) is 0 Å². The molecule has 1 aliphatic heterocycles. The van der Waals surface area contributed by atoms with E-state index in [0.29, 0.717) is 29.4 Å². The number of fused-ring (bicyclic) bond motifs is 1. The molecule has 0 atom stereocenters. The monoisotopic (exact) mass is 268 g/mol. The summed E-state index contributed by atoms with van der Waals surface area (Å²) in [6.45, 7) is 2.28. The summed E-state index contributed by atoms with van der Waals surface area (Å²) in [5, 5.41) is 5.74. The highest BCUT2D eigenvalue weighted by Gasteiger charge is 2.20. The van der Waals surface area contributed by atoms with Gasteiger partial charge in [-0.15, -0.1) is 0 Å². The smallest absolute Gasteiger partial charge is 0.250 e. The summed E-state index contributed by atoms with van der Waals surface area (Å²) in [5.41, 5.74) is 2.03. The summed E-state index contributed by atoms with van der Waals surface area (Å²) in [5.74, 6) is -0.338. The second-order valence-corrected chi connectivity index (χ2v) is 4.31. The van der Waals surface area contributed by atoms with E-state index >= 15 is 0 Å². The molecule has 5 nitrogen and oxygen atoms in total. The number of anilines is 2. The Morgan fingerprint density at radius 1 is 1.56 bits per heavy atom. The highest BCUT2D eigenvalue weighted by atomic mass is 35.5. The summed E-state index contributed by atoms with van der Waals surface area (Å²) in [7, 11) is 0. The third-order valence-corrected chi connectivity index (χ3v) is 2.84. The molecule has 2 N–H and O–H groups in total. The molecule has 0 spiro atoms. The first-order chi connectivity index (χ1) is 8.60. The van der Waals surface area contributed by atoms with E-state index in [-0.39, 0.29) is 18.4 Å². The summed E-state index contributed by atoms with van der Waals surface area (Å²) in [6, 6.07) is 3.34. The molecule has 1 aromatic rings. The van der Waals surface area contributed by atoms with Gasteiger partial charge in [0.2, 0.25) is 11.8 Å². The fraction of sp³-hybridized carbons (Fsp3) is 0.333. The van der Waals surface area contributed by atoms with Crippen molar-refractivity contribution in [2.24, 2.45) is 0 Å². The van der Waals surface area contributed by atoms with Crippen LogP contribution in [0.1, 0.15) is 12.5 Å². The van der Waals surface area contributed by atoms with E-state index in [9.17, 15) is 9.59 Å². The fourth-order valence-corrected chi connectivity index (χ4v) is 1.94. The number of ether oxygens (including phenoxy) is 1. The Morgan fingerprint density at radius 2 is 2.33 bits per heavy atom. The van der Waals surface area contributed by atoms with Crippen molar-refractivity contribution in [1.29, 1.82) is 0 Å². The van der Waals surface area contributed by atoms with Gasteiger partial charge in [-0.1, -0.05) is 11.6 Å². The lowest BCUT2D eigenvalue weighted by atomic mass is 10.1. The van der Waals surface area contributed by atoms with Gasteiger partial charge in [-0.3, -0.25) is 9.59 Å². The molecule has 1 heterocycles. The maximum absolute atomic E-state index is 11.5. The molecule has 0 saturated carbocycles. The molecule has 0 aromatic heterocycles. The van der Waals surface area contributed by atoms with Crippen LogP contribution in [-0.4, -0.2) is 25.0 Å². The third-order valence-electron chi connectivity index (χ3n) is 2.53. The van der Waals surface area contributed by atoms with E-state index in [1.54, 1.807) is 12.1 Å². The number of hydrogen-bond acceptors (Lipinski definition) is 3. The van der Waals surface area contributed by atoms with Gasteiger partial charge in [0.25, 0.3) is 0 Å². The normalized spacial score (nSPS) is 13.1. The maximum atomic E-state index is 11.5. The number of carbonyl (C=O) groups is 2. The minimum Gasteiger partial charge on any atom is -0.372 e. The zero-order valence-electron chi connectivity index (χ0n) is 9.88. The highest BCUT2D eigenvalue weighted by Crippen LogP contribution is 2.32. The van der Waals surface area contributed by atoms with Gasteiger partial charge in [0.15, 0.2) is 0 Å². The van der Waals surface area contributed by atoms with Crippen LogP contribution in [0.2, 0.25) is 5.02 Å². The van der Waals surface area contributed by atoms with Crippen molar-refractivity contribution in [3.63, 3.8) is 0 Å². The number of nitrogens with one attached hydrogen (secondary N) is 2. The molecule has 0 unspecified atom stereocenters. The Hall–Kier alpha value is -1.59. The van der Waals surface area contributed by atoms with Crippen molar-refractivity contribution in [3.8, 4) is 0 Å². The zero-order chi connectivity index (χ0) is 13.1. The second kappa shape index (κ2) is 5.37. The lowest BCUT2D eigenvalue weighted by Gasteiger charge is -2.09. The average molecular weight is 269 g/mol. The van der Waals surface area contributed by atoms with E-state index in [2.05, 4.69) is 10.6 Å². The van der Waals surface area contributed by atoms with E-state index in [4.69, 9.17) is 16.3 Å². The molecule has 2 rings (SSSR count). The number of rotatable bonds is 4. The van der Waals surface area contributed by atoms with Crippen LogP contribution in [0.15, 0.2) is 12.1 Å². The summed E-state index contributed by atoms with van der Waals surface area (Å²) >= 11 is 6.03. The Morgan fingerprint density at radius 3 is 3.06 bits per heavy atom. The quantitative estimate of drug-likeness (QED) is 0.875. The maximum Gasteiger partial charge on any atom is 0.250 e. The minimum absolute atomic E-state index is 0.0128. The van der Waals surface area contributed by atoms with Gasteiger partial charge in [-0.05, 0) is 24.6 Å². The molecule has 1 aliphatic rings. The van der Waals surface area contributed by atoms with Crippen LogP contribution >= 0.6 is 11.6 Å². The van der Waals surface area contributed by atoms with Gasteiger partial charge in [0.05, 0.1) is 17.1 Å². The molecule has 2 amide bonds. The van der Waals surface area contributed by atoms with Gasteiger partial charge in [0, 0.05) is 12.3 Å². The van der Waals surface area contributed by atoms with E-state index < -0.39 is 0 Å². The van der Waals surface area contributed by atoms with Gasteiger partial charge >= 0.3 is 0 Å². The zero-order valence-corrected chi connectivity index (χ0v) is 10.6. The van der Waals surface area contributed by atoms with Crippen molar-refractivity contribution < 1.29 is 14.3 Å². The SMILES string of the molecule is CCOCC(=O)Nc1cc2c(cc1Cl)NC(=O)C2. The lowest BCUT2D eigenvalue weighted by Crippen LogP contribution is -2.18. The molecule has 0 bridgehead atoms. The second-order valence-electron chi connectivity index (χ2n) is 3.90. The first-order valence-corrected chi connectivity index (χ1v) is 5.98. The van der Waals surface area contributed by atoms with Crippen molar-refractivity contribution in [2.45, 2.75) is 13.3 Å². The van der Waals surface area contributed by atoms with E-state index in [1.807, 2.05) is 6.92 Å². The topological polar surface area (TPSA) is 67.4 Å². The van der Waals surface area contributed by atoms with Crippen molar-refractivity contribution in [3.05, 3.63) is 22.7 Å². The predicted molar refractivity (Wildman–Crippen MR) is 68.9 cm³/mol. The molecule has 0 fully saturated rings. The number of hydrogen-bond donors (Lipinski definition) is 2. The molecular weight excluding hydrogens is 256 g/mol. The molecule has 1 aromatic carbocycles. The van der Waals surface area contributed by atoms with Crippen LogP contribution in [0, 0.1) is 0 Å². The predicted octanol–water partition coefficient (Wildman–Crippen LogP) is 1.81. The van der Waals surface area contributed by atoms with Gasteiger partial charge in [-0.25, -0.2) is 0 Å². The molecule has 0 saturated heterocycles. The number of carbonyl (C=O) groups excluding carboxylic acids is 2. The molecular formula is C12H13ClN2O3. The van der Waals surface area contributed by atoms with Crippen molar-refractivity contribution in [2.75, 3.05) is 23.8 Å². The van der Waals surface area contributed by atoms with Crippen molar-refractivity contribution >= 4 is 34.8 Å². The Balaban J connectivity index is 2.12. The first-order valence-electron chi connectivity index (χ1n) is 5.60. The number of halogens is 1. The minimum atomic E-state index is -0.268. The number of benzene rings is 1. The van der Waals surface area contributed by atoms with Crippen LogP contribution in [0.3, 0.4) is 0 Å². The molecule has 0 radical (unpaired) electrons. The Labute approximate surface area is 109 Å².